The van der Waals surface area contributed by atoms with E-state index in [-0.39, 0.29) is 16.5 Å². The van der Waals surface area contributed by atoms with Crippen LogP contribution in [0.1, 0.15) is 0 Å². The number of nitrogens with zero attached hydrogens (tertiary/aromatic N) is 1. The van der Waals surface area contributed by atoms with Gasteiger partial charge < -0.3 is 5.21 Å². The van der Waals surface area contributed by atoms with Crippen LogP contribution in [0, 0.1) is 0 Å². The van der Waals surface area contributed by atoms with Crippen LogP contribution in [0.15, 0.2) is 0 Å². The topological polar surface area (TPSA) is 23.5 Å². The molecule has 0 aromatic rings. The quantitative estimate of drug-likeness (QED) is 0.357. The van der Waals surface area contributed by atoms with Gasteiger partial charge in [-0.3, -0.25) is 0 Å². The fourth-order valence-electron chi connectivity index (χ4n) is 0. The fourth-order valence-corrected chi connectivity index (χ4v) is 0. The van der Waals surface area contributed by atoms with Crippen molar-refractivity contribution in [3.05, 3.63) is 0 Å². The SMILES string of the molecule is CN(C)O.[Ni]. The molecule has 1 N–H and O–H groups in total. The standard InChI is InChI=1S/C2H7NO.Ni/c1-3(2)4;/h4H,1-2H3;. The van der Waals surface area contributed by atoms with Gasteiger partial charge in [0, 0.05) is 30.6 Å². The Morgan fingerprint density at radius 3 is 1.40 bits per heavy atom. The largest absolute Gasteiger partial charge is 0.315 e. The van der Waals surface area contributed by atoms with E-state index >= 15 is 0 Å². The van der Waals surface area contributed by atoms with Crippen molar-refractivity contribution in [1.29, 1.82) is 0 Å². The summed E-state index contributed by atoms with van der Waals surface area (Å²) in [6, 6.07) is 0. The van der Waals surface area contributed by atoms with E-state index in [9.17, 15) is 0 Å². The van der Waals surface area contributed by atoms with Gasteiger partial charge in [-0.2, -0.15) is 5.06 Å². The summed E-state index contributed by atoms with van der Waals surface area (Å²) >= 11 is 0. The fraction of sp³-hybridized carbons (Fsp3) is 1.00. The van der Waals surface area contributed by atoms with E-state index < -0.39 is 0 Å². The van der Waals surface area contributed by atoms with Crippen molar-refractivity contribution in [2.24, 2.45) is 0 Å². The van der Waals surface area contributed by atoms with Crippen LogP contribution in [-0.4, -0.2) is 24.4 Å². The first-order valence-electron chi connectivity index (χ1n) is 1.09. The van der Waals surface area contributed by atoms with Crippen LogP contribution in [-0.2, 0) is 16.5 Å². The average Bonchev–Trinajstić information content (AvgIpc) is 0.811. The van der Waals surface area contributed by atoms with Crippen LogP contribution in [0.2, 0.25) is 0 Å². The first-order valence-corrected chi connectivity index (χ1v) is 1.09. The van der Waals surface area contributed by atoms with E-state index in [1.807, 2.05) is 0 Å². The molecular weight excluding hydrogens is 113 g/mol. The average molecular weight is 120 g/mol. The van der Waals surface area contributed by atoms with Gasteiger partial charge in [-0.1, -0.05) is 0 Å². The molecule has 0 aromatic heterocycles. The Kier molecular flexibility index (Phi) is 7.99. The molecule has 0 rings (SSSR count). The zero-order valence-electron chi connectivity index (χ0n) is 3.21. The van der Waals surface area contributed by atoms with Gasteiger partial charge in [-0.25, -0.2) is 0 Å². The van der Waals surface area contributed by atoms with E-state index in [0.29, 0.717) is 0 Å². The molecule has 0 unspecified atom stereocenters. The second-order valence-corrected chi connectivity index (χ2v) is 0.847. The van der Waals surface area contributed by atoms with Gasteiger partial charge >= 0.3 is 0 Å². The first-order chi connectivity index (χ1) is 1.73. The summed E-state index contributed by atoms with van der Waals surface area (Å²) in [5.41, 5.74) is 0. The molecule has 0 bridgehead atoms. The minimum atomic E-state index is 0. The maximum absolute atomic E-state index is 7.89. The zero-order chi connectivity index (χ0) is 3.58. The molecule has 0 aromatic carbocycles. The summed E-state index contributed by atoms with van der Waals surface area (Å²) in [5, 5.41) is 8.89. The molecule has 0 atom stereocenters. The molecule has 2 nitrogen and oxygen atoms in total. The first kappa shape index (κ1) is 9.05. The van der Waals surface area contributed by atoms with Crippen LogP contribution in [0.5, 0.6) is 0 Å². The summed E-state index contributed by atoms with van der Waals surface area (Å²) in [4.78, 5) is 0. The Morgan fingerprint density at radius 2 is 1.40 bits per heavy atom. The maximum Gasteiger partial charge on any atom is 0.0121 e. The Hall–Kier alpha value is 0.414. The Balaban J connectivity index is 0. The zero-order valence-corrected chi connectivity index (χ0v) is 4.20. The molecule has 0 fully saturated rings. The molecule has 0 spiro atoms. The minimum Gasteiger partial charge on any atom is -0.315 e. The number of rotatable bonds is 0. The Morgan fingerprint density at radius 1 is 1.40 bits per heavy atom. The molecular formula is C2H7NNiO. The molecule has 0 saturated carbocycles. The van der Waals surface area contributed by atoms with Crippen LogP contribution in [0.25, 0.3) is 0 Å². The Bertz CT molecular complexity index is 14.4. The number of hydroxylamine groups is 2. The third kappa shape index (κ3) is 150. The molecule has 0 heterocycles. The van der Waals surface area contributed by atoms with E-state index in [4.69, 9.17) is 5.21 Å². The molecule has 36 valence electrons. The van der Waals surface area contributed by atoms with Gasteiger partial charge in [0.15, 0.2) is 0 Å². The van der Waals surface area contributed by atoms with Gasteiger partial charge in [-0.05, 0) is 0 Å². The molecule has 0 aliphatic carbocycles. The molecule has 3 heteroatoms. The van der Waals surface area contributed by atoms with Crippen LogP contribution in [0.4, 0.5) is 0 Å². The smallest absolute Gasteiger partial charge is 0.0121 e. The third-order valence-electron chi connectivity index (χ3n) is 0. The minimum absolute atomic E-state index is 0. The van der Waals surface area contributed by atoms with Crippen LogP contribution in [0.3, 0.4) is 0 Å². The maximum atomic E-state index is 7.89. The third-order valence-corrected chi connectivity index (χ3v) is 0. The van der Waals surface area contributed by atoms with Crippen molar-refractivity contribution in [3.8, 4) is 0 Å². The van der Waals surface area contributed by atoms with E-state index in [1.165, 1.54) is 0 Å². The van der Waals surface area contributed by atoms with Gasteiger partial charge in [0.1, 0.15) is 0 Å². The predicted molar refractivity (Wildman–Crippen MR) is 15.5 cm³/mol. The molecule has 0 aliphatic rings. The summed E-state index contributed by atoms with van der Waals surface area (Å²) in [7, 11) is 3.11. The van der Waals surface area contributed by atoms with E-state index in [0.717, 1.165) is 5.06 Å². The summed E-state index contributed by atoms with van der Waals surface area (Å²) in [6.45, 7) is 0. The molecule has 0 aliphatic heterocycles. The van der Waals surface area contributed by atoms with Gasteiger partial charge in [0.2, 0.25) is 0 Å². The van der Waals surface area contributed by atoms with Crippen molar-refractivity contribution in [3.63, 3.8) is 0 Å². The molecule has 0 amide bonds. The van der Waals surface area contributed by atoms with Crippen molar-refractivity contribution in [1.82, 2.24) is 5.06 Å². The van der Waals surface area contributed by atoms with Crippen molar-refractivity contribution >= 4 is 0 Å². The summed E-state index contributed by atoms with van der Waals surface area (Å²) < 4.78 is 0. The van der Waals surface area contributed by atoms with Crippen LogP contribution >= 0.6 is 0 Å². The Labute approximate surface area is 41.7 Å². The predicted octanol–water partition coefficient (Wildman–Crippen LogP) is -0.0653. The van der Waals surface area contributed by atoms with Crippen molar-refractivity contribution in [2.75, 3.05) is 14.1 Å². The van der Waals surface area contributed by atoms with Crippen molar-refractivity contribution in [2.45, 2.75) is 0 Å². The van der Waals surface area contributed by atoms with E-state index in [2.05, 4.69) is 0 Å². The van der Waals surface area contributed by atoms with Gasteiger partial charge in [-0.15, -0.1) is 0 Å². The second kappa shape index (κ2) is 4.41. The van der Waals surface area contributed by atoms with E-state index in [1.54, 1.807) is 14.1 Å². The summed E-state index contributed by atoms with van der Waals surface area (Å²) in [5.74, 6) is 0. The van der Waals surface area contributed by atoms with Gasteiger partial charge in [0.05, 0.1) is 0 Å². The number of hydrogen-bond acceptors (Lipinski definition) is 2. The monoisotopic (exact) mass is 119 g/mol. The molecule has 0 radical (unpaired) electrons. The second-order valence-electron chi connectivity index (χ2n) is 0.847. The molecule has 0 saturated heterocycles. The van der Waals surface area contributed by atoms with Gasteiger partial charge in [0.25, 0.3) is 0 Å². The number of hydrogen-bond donors (Lipinski definition) is 1. The van der Waals surface area contributed by atoms with Crippen LogP contribution < -0.4 is 0 Å². The normalized spacial score (nSPS) is 7.20. The summed E-state index contributed by atoms with van der Waals surface area (Å²) in [6.07, 6.45) is 0. The molecule has 5 heavy (non-hydrogen) atoms. The van der Waals surface area contributed by atoms with Crippen molar-refractivity contribution < 1.29 is 21.7 Å².